The van der Waals surface area contributed by atoms with Crippen molar-refractivity contribution in [1.29, 1.82) is 0 Å². The van der Waals surface area contributed by atoms with Gasteiger partial charge in [-0.05, 0) is 12.1 Å². The zero-order valence-corrected chi connectivity index (χ0v) is 20.4. The van der Waals surface area contributed by atoms with E-state index in [4.69, 9.17) is 21.1 Å². The summed E-state index contributed by atoms with van der Waals surface area (Å²) in [5.41, 5.74) is 0.728. The lowest BCUT2D eigenvalue weighted by molar-refractivity contribution is -0.136. The van der Waals surface area contributed by atoms with E-state index in [-0.39, 0.29) is 12.5 Å². The molecule has 1 unspecified atom stereocenters. The number of morpholine rings is 1. The van der Waals surface area contributed by atoms with Crippen molar-refractivity contribution >= 4 is 40.8 Å². The van der Waals surface area contributed by atoms with Gasteiger partial charge in [0.15, 0.2) is 0 Å². The molecule has 0 spiro atoms. The Labute approximate surface area is 207 Å². The third-order valence-electron chi connectivity index (χ3n) is 5.78. The van der Waals surface area contributed by atoms with Crippen molar-refractivity contribution in [3.8, 4) is 0 Å². The van der Waals surface area contributed by atoms with Crippen molar-refractivity contribution in [3.63, 3.8) is 0 Å². The van der Waals surface area contributed by atoms with Crippen LogP contribution in [0.3, 0.4) is 0 Å². The van der Waals surface area contributed by atoms with E-state index in [9.17, 15) is 9.59 Å². The first-order valence-electron chi connectivity index (χ1n) is 11.2. The lowest BCUT2D eigenvalue weighted by atomic mass is 10.1. The molecule has 4 heterocycles. The maximum Gasteiger partial charge on any atom is 0.410 e. The van der Waals surface area contributed by atoms with Crippen LogP contribution in [0, 0.1) is 0 Å². The van der Waals surface area contributed by atoms with Crippen LogP contribution in [-0.4, -0.2) is 96.0 Å². The van der Waals surface area contributed by atoms with Crippen LogP contribution in [-0.2, 0) is 20.8 Å². The molecular formula is C22H29ClN6O4S. The zero-order chi connectivity index (χ0) is 23.9. The van der Waals surface area contributed by atoms with Crippen LogP contribution in [0.2, 0.25) is 4.34 Å². The third kappa shape index (κ3) is 6.29. The molecule has 0 aliphatic carbocycles. The number of hydrogen-bond donors (Lipinski definition) is 2. The van der Waals surface area contributed by atoms with Crippen molar-refractivity contribution < 1.29 is 19.1 Å². The first-order valence-corrected chi connectivity index (χ1v) is 12.4. The number of aromatic nitrogens is 2. The molecule has 2 saturated heterocycles. The highest BCUT2D eigenvalue weighted by Crippen LogP contribution is 2.27. The number of carbonyl (C=O) groups is 2. The summed E-state index contributed by atoms with van der Waals surface area (Å²) in [5, 5.41) is 10.6. The van der Waals surface area contributed by atoms with Crippen molar-refractivity contribution in [3.05, 3.63) is 45.8 Å². The molecule has 4 rings (SSSR count). The minimum absolute atomic E-state index is 0.0402. The first kappa shape index (κ1) is 24.5. The summed E-state index contributed by atoms with van der Waals surface area (Å²) in [6.07, 6.45) is 1.09. The first-order chi connectivity index (χ1) is 16.5. The average molecular weight is 509 g/mol. The highest BCUT2D eigenvalue weighted by atomic mass is 35.5. The van der Waals surface area contributed by atoms with E-state index in [0.29, 0.717) is 51.8 Å². The number of piperazine rings is 1. The normalized spacial score (nSPS) is 19.1. The van der Waals surface area contributed by atoms with E-state index in [1.165, 1.54) is 17.4 Å². The van der Waals surface area contributed by atoms with Gasteiger partial charge >= 0.3 is 6.09 Å². The van der Waals surface area contributed by atoms with Gasteiger partial charge in [0.1, 0.15) is 12.4 Å². The van der Waals surface area contributed by atoms with Gasteiger partial charge in [-0.1, -0.05) is 24.3 Å². The second-order valence-corrected chi connectivity index (χ2v) is 9.87. The number of aromatic amines is 1. The molecule has 1 atom stereocenters. The number of hydrogen-bond acceptors (Lipinski definition) is 8. The largest absolute Gasteiger partial charge is 0.445 e. The van der Waals surface area contributed by atoms with Crippen LogP contribution >= 0.6 is 22.9 Å². The summed E-state index contributed by atoms with van der Waals surface area (Å²) in [5.74, 6) is 0.689. The fraction of sp³-hybridized carbons (Fsp3) is 0.500. The van der Waals surface area contributed by atoms with E-state index in [2.05, 4.69) is 27.0 Å². The Morgan fingerprint density at radius 2 is 2.15 bits per heavy atom. The van der Waals surface area contributed by atoms with Crippen LogP contribution in [0.15, 0.2) is 30.9 Å². The number of amides is 2. The molecule has 0 saturated carbocycles. The molecular weight excluding hydrogens is 480 g/mol. The minimum Gasteiger partial charge on any atom is -0.445 e. The van der Waals surface area contributed by atoms with Crippen LogP contribution in [0.4, 0.5) is 10.6 Å². The van der Waals surface area contributed by atoms with E-state index in [1.807, 2.05) is 18.2 Å². The van der Waals surface area contributed by atoms with E-state index < -0.39 is 12.1 Å². The maximum atomic E-state index is 13.0. The monoisotopic (exact) mass is 508 g/mol. The Bertz CT molecular complexity index is 992. The van der Waals surface area contributed by atoms with Gasteiger partial charge in [0.2, 0.25) is 5.91 Å². The predicted octanol–water partition coefficient (Wildman–Crippen LogP) is 2.58. The number of H-pyrrole nitrogens is 1. The molecule has 2 aromatic heterocycles. The molecule has 2 amide bonds. The zero-order valence-electron chi connectivity index (χ0n) is 18.9. The minimum atomic E-state index is -0.442. The number of nitrogens with zero attached hydrogens (tertiary/aromatic N) is 4. The quantitative estimate of drug-likeness (QED) is 0.528. The van der Waals surface area contributed by atoms with Crippen molar-refractivity contribution in [2.45, 2.75) is 12.6 Å². The van der Waals surface area contributed by atoms with E-state index >= 15 is 0 Å². The van der Waals surface area contributed by atoms with Gasteiger partial charge in [-0.15, -0.1) is 11.3 Å². The number of thiophene rings is 1. The standard InChI is InChI=1S/C22H29ClN6O4S/c1-2-9-33-22(31)29-6-5-28(21(30)15-27-7-10-32-11-8-27)14-18(29)17-12-20(26-25-17)24-13-16-3-4-19(23)34-16/h2-4,12,18H,1,5-11,13-15H2,(H2,24,25,26). The molecule has 2 aromatic rings. The topological polar surface area (TPSA) is 103 Å². The summed E-state index contributed by atoms with van der Waals surface area (Å²) in [7, 11) is 0. The van der Waals surface area contributed by atoms with Crippen LogP contribution in [0.25, 0.3) is 0 Å². The molecule has 12 heteroatoms. The Balaban J connectivity index is 1.44. The number of rotatable bonds is 8. The molecule has 2 aliphatic heterocycles. The third-order valence-corrected chi connectivity index (χ3v) is 7.02. The van der Waals surface area contributed by atoms with Gasteiger partial charge in [-0.2, -0.15) is 5.10 Å². The lowest BCUT2D eigenvalue weighted by Crippen LogP contribution is -2.54. The lowest BCUT2D eigenvalue weighted by Gasteiger charge is -2.41. The van der Waals surface area contributed by atoms with E-state index in [0.717, 1.165) is 28.0 Å². The van der Waals surface area contributed by atoms with Gasteiger partial charge in [0.05, 0.1) is 42.4 Å². The SMILES string of the molecule is C=CCOC(=O)N1CCN(C(=O)CN2CCOCC2)CC1c1cc(NCc2ccc(Cl)s2)n[nH]1. The fourth-order valence-electron chi connectivity index (χ4n) is 3.98. The summed E-state index contributed by atoms with van der Waals surface area (Å²) in [6.45, 7) is 8.59. The Morgan fingerprint density at radius 3 is 2.88 bits per heavy atom. The molecule has 34 heavy (non-hydrogen) atoms. The number of anilines is 1. The van der Waals surface area contributed by atoms with Crippen LogP contribution in [0.5, 0.6) is 0 Å². The Kier molecular flexibility index (Phi) is 8.44. The van der Waals surface area contributed by atoms with Gasteiger partial charge in [-0.25, -0.2) is 4.79 Å². The van der Waals surface area contributed by atoms with Gasteiger partial charge in [-0.3, -0.25) is 19.7 Å². The highest BCUT2D eigenvalue weighted by molar-refractivity contribution is 7.16. The molecule has 184 valence electrons. The van der Waals surface area contributed by atoms with Gasteiger partial charge in [0, 0.05) is 43.7 Å². The van der Waals surface area contributed by atoms with Gasteiger partial charge in [0.25, 0.3) is 0 Å². The number of ether oxygens (including phenoxy) is 2. The van der Waals surface area contributed by atoms with Crippen molar-refractivity contribution in [2.75, 3.05) is 64.4 Å². The number of nitrogens with one attached hydrogen (secondary N) is 2. The Morgan fingerprint density at radius 1 is 1.32 bits per heavy atom. The summed E-state index contributed by atoms with van der Waals surface area (Å²) < 4.78 is 11.4. The van der Waals surface area contributed by atoms with Gasteiger partial charge < -0.3 is 19.7 Å². The number of halogens is 1. The van der Waals surface area contributed by atoms with E-state index in [1.54, 1.807) is 9.80 Å². The molecule has 0 radical (unpaired) electrons. The molecule has 2 aliphatic rings. The second kappa shape index (κ2) is 11.7. The Hall–Kier alpha value is -2.60. The summed E-state index contributed by atoms with van der Waals surface area (Å²) in [4.78, 5) is 32.4. The van der Waals surface area contributed by atoms with Crippen molar-refractivity contribution in [1.82, 2.24) is 24.9 Å². The molecule has 10 nitrogen and oxygen atoms in total. The average Bonchev–Trinajstić information content (AvgIpc) is 3.50. The smallest absolute Gasteiger partial charge is 0.410 e. The van der Waals surface area contributed by atoms with Crippen LogP contribution in [0.1, 0.15) is 16.6 Å². The molecule has 2 N–H and O–H groups in total. The molecule has 2 fully saturated rings. The predicted molar refractivity (Wildman–Crippen MR) is 130 cm³/mol. The summed E-state index contributed by atoms with van der Waals surface area (Å²) in [6, 6.07) is 5.28. The molecule has 0 bridgehead atoms. The summed E-state index contributed by atoms with van der Waals surface area (Å²) >= 11 is 7.51. The second-order valence-electron chi connectivity index (χ2n) is 8.07. The van der Waals surface area contributed by atoms with Crippen LogP contribution < -0.4 is 5.32 Å². The fourth-order valence-corrected chi connectivity index (χ4v) is 5.01. The maximum absolute atomic E-state index is 13.0. The highest BCUT2D eigenvalue weighted by Gasteiger charge is 2.36. The van der Waals surface area contributed by atoms with Crippen molar-refractivity contribution in [2.24, 2.45) is 0 Å². The number of carbonyl (C=O) groups excluding carboxylic acids is 2. The molecule has 0 aromatic carbocycles.